The number of hydrogen-bond acceptors (Lipinski definition) is 3. The number of rotatable bonds is 4. The first-order valence-electron chi connectivity index (χ1n) is 10.7. The van der Waals surface area contributed by atoms with Crippen LogP contribution in [0.15, 0.2) is 87.8 Å². The summed E-state index contributed by atoms with van der Waals surface area (Å²) in [6.45, 7) is 4.08. The molecule has 6 heteroatoms. The predicted molar refractivity (Wildman–Crippen MR) is 135 cm³/mol. The molecule has 3 aromatic carbocycles. The number of likely N-dealkylation sites (tertiary alicyclic amines) is 1. The summed E-state index contributed by atoms with van der Waals surface area (Å²) in [6, 6.07) is 26.9. The zero-order chi connectivity index (χ0) is 23.8. The maximum atomic E-state index is 13.9. The standard InChI is InChI=1S/C27H24Br2N2O2/c1-26(2)24(19-8-12-21(28)13-9-19)23(16-30)25(32)31(17-18-6-4-3-5-7-18)27(26,33)20-10-14-22(29)15-11-20/h3-15,23-24,33H,17H2,1-2H3. The Hall–Kier alpha value is -2.46. The lowest BCUT2D eigenvalue weighted by molar-refractivity contribution is -0.232. The molecule has 0 aromatic heterocycles. The average Bonchev–Trinajstić information content (AvgIpc) is 2.81. The van der Waals surface area contributed by atoms with Crippen molar-refractivity contribution in [2.24, 2.45) is 11.3 Å². The van der Waals surface area contributed by atoms with Gasteiger partial charge in [-0.15, -0.1) is 0 Å². The Kier molecular flexibility index (Phi) is 6.50. The number of aliphatic hydroxyl groups is 1. The number of halogens is 2. The molecule has 3 aromatic rings. The fourth-order valence-electron chi connectivity index (χ4n) is 5.03. The first kappa shape index (κ1) is 23.7. The highest BCUT2D eigenvalue weighted by Gasteiger charge is 2.63. The molecule has 168 valence electrons. The third kappa shape index (κ3) is 4.03. The smallest absolute Gasteiger partial charge is 0.243 e. The van der Waals surface area contributed by atoms with Crippen molar-refractivity contribution in [3.63, 3.8) is 0 Å². The van der Waals surface area contributed by atoms with Crippen LogP contribution in [0.1, 0.15) is 36.5 Å². The summed E-state index contributed by atoms with van der Waals surface area (Å²) in [5.74, 6) is -1.82. The van der Waals surface area contributed by atoms with Crippen LogP contribution < -0.4 is 0 Å². The van der Waals surface area contributed by atoms with Gasteiger partial charge in [0.05, 0.1) is 6.07 Å². The van der Waals surface area contributed by atoms with Gasteiger partial charge < -0.3 is 10.0 Å². The second-order valence-corrected chi connectivity index (χ2v) is 10.8. The van der Waals surface area contributed by atoms with E-state index in [1.807, 2.05) is 92.7 Å². The van der Waals surface area contributed by atoms with E-state index in [0.717, 1.165) is 20.1 Å². The summed E-state index contributed by atoms with van der Waals surface area (Å²) < 4.78 is 1.79. The summed E-state index contributed by atoms with van der Waals surface area (Å²) in [5, 5.41) is 22.7. The molecule has 4 nitrogen and oxygen atoms in total. The second kappa shape index (κ2) is 9.06. The first-order chi connectivity index (χ1) is 15.7. The van der Waals surface area contributed by atoms with Crippen LogP contribution in [0.2, 0.25) is 0 Å². The number of amides is 1. The molecule has 0 aliphatic carbocycles. The molecule has 3 unspecified atom stereocenters. The third-order valence-electron chi connectivity index (χ3n) is 6.73. The molecule has 4 rings (SSSR count). The summed E-state index contributed by atoms with van der Waals surface area (Å²) >= 11 is 6.92. The van der Waals surface area contributed by atoms with Crippen molar-refractivity contribution in [3.8, 4) is 6.07 Å². The Labute approximate surface area is 211 Å². The maximum Gasteiger partial charge on any atom is 0.243 e. The van der Waals surface area contributed by atoms with Crippen LogP contribution in [-0.4, -0.2) is 15.9 Å². The number of nitriles is 1. The highest BCUT2D eigenvalue weighted by atomic mass is 79.9. The van der Waals surface area contributed by atoms with E-state index in [4.69, 9.17) is 0 Å². The van der Waals surface area contributed by atoms with Crippen molar-refractivity contribution < 1.29 is 9.90 Å². The Bertz CT molecular complexity index is 1190. The van der Waals surface area contributed by atoms with Crippen molar-refractivity contribution in [1.82, 2.24) is 4.90 Å². The van der Waals surface area contributed by atoms with Crippen molar-refractivity contribution >= 4 is 37.8 Å². The van der Waals surface area contributed by atoms with E-state index in [1.54, 1.807) is 0 Å². The molecule has 1 N–H and O–H groups in total. The lowest BCUT2D eigenvalue weighted by atomic mass is 9.58. The van der Waals surface area contributed by atoms with Gasteiger partial charge in [0, 0.05) is 32.4 Å². The number of nitrogens with zero attached hydrogens (tertiary/aromatic N) is 2. The number of carbonyl (C=O) groups is 1. The molecule has 0 spiro atoms. The van der Waals surface area contributed by atoms with Gasteiger partial charge >= 0.3 is 0 Å². The molecule has 0 radical (unpaired) electrons. The third-order valence-corrected chi connectivity index (χ3v) is 7.79. The minimum absolute atomic E-state index is 0.195. The zero-order valence-corrected chi connectivity index (χ0v) is 21.5. The zero-order valence-electron chi connectivity index (χ0n) is 18.4. The largest absolute Gasteiger partial charge is 0.366 e. The van der Waals surface area contributed by atoms with E-state index >= 15 is 0 Å². The molecule has 1 aliphatic heterocycles. The fourth-order valence-corrected chi connectivity index (χ4v) is 5.56. The number of piperidine rings is 1. The van der Waals surface area contributed by atoms with Crippen LogP contribution in [0.3, 0.4) is 0 Å². The van der Waals surface area contributed by atoms with E-state index in [2.05, 4.69) is 37.9 Å². The van der Waals surface area contributed by atoms with Gasteiger partial charge in [0.15, 0.2) is 5.72 Å². The molecular formula is C27H24Br2N2O2. The summed E-state index contributed by atoms with van der Waals surface area (Å²) in [5.41, 5.74) is -0.198. The predicted octanol–water partition coefficient (Wildman–Crippen LogP) is 6.35. The van der Waals surface area contributed by atoms with Gasteiger partial charge in [0.1, 0.15) is 5.92 Å². The van der Waals surface area contributed by atoms with Gasteiger partial charge in [0.2, 0.25) is 5.91 Å². The molecular weight excluding hydrogens is 544 g/mol. The van der Waals surface area contributed by atoms with E-state index in [1.165, 1.54) is 4.90 Å². The van der Waals surface area contributed by atoms with Crippen molar-refractivity contribution in [1.29, 1.82) is 5.26 Å². The van der Waals surface area contributed by atoms with E-state index in [-0.39, 0.29) is 12.5 Å². The maximum absolute atomic E-state index is 13.9. The number of hydrogen-bond donors (Lipinski definition) is 1. The quantitative estimate of drug-likeness (QED) is 0.399. The minimum atomic E-state index is -1.65. The van der Waals surface area contributed by atoms with Gasteiger partial charge in [-0.2, -0.15) is 5.26 Å². The molecule has 0 bridgehead atoms. The van der Waals surface area contributed by atoms with E-state index < -0.39 is 23.0 Å². The summed E-state index contributed by atoms with van der Waals surface area (Å²) in [7, 11) is 0. The van der Waals surface area contributed by atoms with Gasteiger partial charge in [-0.1, -0.05) is 100 Å². The topological polar surface area (TPSA) is 64.3 Å². The van der Waals surface area contributed by atoms with Gasteiger partial charge in [-0.05, 0) is 35.4 Å². The Morgan fingerprint density at radius 2 is 1.48 bits per heavy atom. The van der Waals surface area contributed by atoms with Crippen LogP contribution in [0.5, 0.6) is 0 Å². The minimum Gasteiger partial charge on any atom is -0.366 e. The fraction of sp³-hybridized carbons (Fsp3) is 0.259. The SMILES string of the molecule is CC1(C)C(c2ccc(Br)cc2)C(C#N)C(=O)N(Cc2ccccc2)C1(O)c1ccc(Br)cc1. The van der Waals surface area contributed by atoms with Gasteiger partial charge in [-0.25, -0.2) is 0 Å². The van der Waals surface area contributed by atoms with Gasteiger partial charge in [-0.3, -0.25) is 4.79 Å². The normalized spacial score (nSPS) is 24.4. The molecule has 33 heavy (non-hydrogen) atoms. The van der Waals surface area contributed by atoms with E-state index in [0.29, 0.717) is 5.56 Å². The Balaban J connectivity index is 1.94. The first-order valence-corrected chi connectivity index (χ1v) is 12.3. The van der Waals surface area contributed by atoms with Crippen LogP contribution in [0.4, 0.5) is 0 Å². The highest BCUT2D eigenvalue weighted by molar-refractivity contribution is 9.10. The molecule has 1 amide bonds. The Morgan fingerprint density at radius 3 is 2.03 bits per heavy atom. The monoisotopic (exact) mass is 566 g/mol. The van der Waals surface area contributed by atoms with Crippen LogP contribution in [0, 0.1) is 22.7 Å². The number of carbonyl (C=O) groups excluding carboxylic acids is 1. The van der Waals surface area contributed by atoms with E-state index in [9.17, 15) is 15.2 Å². The van der Waals surface area contributed by atoms with Crippen molar-refractivity contribution in [2.75, 3.05) is 0 Å². The lowest BCUT2D eigenvalue weighted by Gasteiger charge is -2.58. The van der Waals surface area contributed by atoms with Crippen molar-refractivity contribution in [3.05, 3.63) is 104 Å². The van der Waals surface area contributed by atoms with Crippen LogP contribution >= 0.6 is 31.9 Å². The molecule has 1 aliphatic rings. The lowest BCUT2D eigenvalue weighted by Crippen LogP contribution is -2.66. The molecule has 3 atom stereocenters. The average molecular weight is 568 g/mol. The summed E-state index contributed by atoms with van der Waals surface area (Å²) in [6.07, 6.45) is 0. The van der Waals surface area contributed by atoms with Gasteiger partial charge in [0.25, 0.3) is 0 Å². The second-order valence-electron chi connectivity index (χ2n) is 8.95. The summed E-state index contributed by atoms with van der Waals surface area (Å²) in [4.78, 5) is 15.4. The van der Waals surface area contributed by atoms with Crippen LogP contribution in [-0.2, 0) is 17.1 Å². The molecule has 1 heterocycles. The number of benzene rings is 3. The van der Waals surface area contributed by atoms with Crippen molar-refractivity contribution in [2.45, 2.75) is 32.0 Å². The molecule has 1 fully saturated rings. The highest BCUT2D eigenvalue weighted by Crippen LogP contribution is 2.58. The van der Waals surface area contributed by atoms with Crippen LogP contribution in [0.25, 0.3) is 0 Å². The molecule has 0 saturated carbocycles. The molecule has 1 saturated heterocycles. The Morgan fingerprint density at radius 1 is 0.939 bits per heavy atom.